The molecule has 1 atom stereocenters. The zero-order valence-electron chi connectivity index (χ0n) is 7.57. The van der Waals surface area contributed by atoms with Crippen LogP contribution in [0.2, 0.25) is 0 Å². The van der Waals surface area contributed by atoms with E-state index in [1.54, 1.807) is 20.1 Å². The molecule has 12 heavy (non-hydrogen) atoms. The van der Waals surface area contributed by atoms with Crippen molar-refractivity contribution in [3.8, 4) is 0 Å². The lowest BCUT2D eigenvalue weighted by molar-refractivity contribution is -0.0677. The highest BCUT2D eigenvalue weighted by molar-refractivity contribution is 7.80. The Morgan fingerprint density at radius 3 is 2.75 bits per heavy atom. The van der Waals surface area contributed by atoms with E-state index in [9.17, 15) is 0 Å². The summed E-state index contributed by atoms with van der Waals surface area (Å²) in [6.07, 6.45) is 2.78. The van der Waals surface area contributed by atoms with E-state index in [4.69, 9.17) is 26.4 Å². The Bertz CT molecular complexity index is 156. The van der Waals surface area contributed by atoms with Gasteiger partial charge in [0.15, 0.2) is 11.3 Å². The number of rotatable bonds is 5. The number of hydrogen-bond acceptors (Lipinski definition) is 4. The first-order chi connectivity index (χ1) is 5.70. The van der Waals surface area contributed by atoms with Crippen LogP contribution in [0.25, 0.3) is 0 Å². The first-order valence-corrected chi connectivity index (χ1v) is 4.13. The maximum absolute atomic E-state index is 5.04. The van der Waals surface area contributed by atoms with Crippen LogP contribution in [0.3, 0.4) is 0 Å². The van der Waals surface area contributed by atoms with Crippen molar-refractivity contribution >= 4 is 17.3 Å². The van der Waals surface area contributed by atoms with E-state index in [0.29, 0.717) is 11.7 Å². The summed E-state index contributed by atoms with van der Waals surface area (Å²) >= 11 is 4.81. The van der Waals surface area contributed by atoms with E-state index in [1.165, 1.54) is 6.26 Å². The van der Waals surface area contributed by atoms with Gasteiger partial charge < -0.3 is 14.2 Å². The molecule has 0 spiro atoms. The van der Waals surface area contributed by atoms with Crippen molar-refractivity contribution < 1.29 is 14.2 Å². The number of hydrogen-bond donors (Lipinski definition) is 0. The van der Waals surface area contributed by atoms with Gasteiger partial charge in [-0.1, -0.05) is 0 Å². The van der Waals surface area contributed by atoms with E-state index in [-0.39, 0.29) is 6.29 Å². The average molecular weight is 190 g/mol. The molecule has 0 saturated carbocycles. The molecule has 0 N–H and O–H groups in total. The molecular weight excluding hydrogens is 176 g/mol. The minimum Gasteiger partial charge on any atom is -0.484 e. The van der Waals surface area contributed by atoms with Crippen molar-refractivity contribution in [2.24, 2.45) is 0 Å². The van der Waals surface area contributed by atoms with Gasteiger partial charge in [-0.15, -0.1) is 0 Å². The largest absolute Gasteiger partial charge is 0.484 e. The zero-order valence-corrected chi connectivity index (χ0v) is 8.39. The SMILES string of the molecule is CCOC(=S)C=COC(C)OC. The molecule has 0 fully saturated rings. The highest BCUT2D eigenvalue weighted by Gasteiger charge is 1.93. The Kier molecular flexibility index (Phi) is 6.70. The molecule has 0 radical (unpaired) electrons. The second-order valence-electron chi connectivity index (χ2n) is 1.99. The molecule has 3 nitrogen and oxygen atoms in total. The molecule has 70 valence electrons. The van der Waals surface area contributed by atoms with Crippen LogP contribution < -0.4 is 0 Å². The highest BCUT2D eigenvalue weighted by Crippen LogP contribution is 1.92. The summed E-state index contributed by atoms with van der Waals surface area (Å²) < 4.78 is 14.9. The van der Waals surface area contributed by atoms with Crippen molar-refractivity contribution in [2.45, 2.75) is 20.1 Å². The molecule has 0 aromatic rings. The quantitative estimate of drug-likeness (QED) is 0.286. The lowest BCUT2D eigenvalue weighted by Gasteiger charge is -2.07. The van der Waals surface area contributed by atoms with Gasteiger partial charge in [-0.3, -0.25) is 0 Å². The summed E-state index contributed by atoms with van der Waals surface area (Å²) in [7, 11) is 1.57. The first kappa shape index (κ1) is 11.4. The molecule has 0 rings (SSSR count). The summed E-state index contributed by atoms with van der Waals surface area (Å²) in [6, 6.07) is 0. The van der Waals surface area contributed by atoms with Gasteiger partial charge in [0, 0.05) is 13.2 Å². The van der Waals surface area contributed by atoms with Crippen LogP contribution in [0.15, 0.2) is 12.3 Å². The third-order valence-electron chi connectivity index (χ3n) is 1.09. The highest BCUT2D eigenvalue weighted by atomic mass is 32.1. The van der Waals surface area contributed by atoms with Gasteiger partial charge in [0.25, 0.3) is 0 Å². The van der Waals surface area contributed by atoms with Gasteiger partial charge in [-0.2, -0.15) is 0 Å². The summed E-state index contributed by atoms with van der Waals surface area (Å²) in [5.74, 6) is 0. The summed E-state index contributed by atoms with van der Waals surface area (Å²) in [4.78, 5) is 0. The van der Waals surface area contributed by atoms with Crippen LogP contribution in [-0.4, -0.2) is 25.1 Å². The fourth-order valence-electron chi connectivity index (χ4n) is 0.451. The number of thiocarbonyl (C=S) groups is 1. The van der Waals surface area contributed by atoms with E-state index < -0.39 is 0 Å². The van der Waals surface area contributed by atoms with E-state index in [1.807, 2.05) is 6.92 Å². The van der Waals surface area contributed by atoms with E-state index >= 15 is 0 Å². The van der Waals surface area contributed by atoms with Gasteiger partial charge in [0.2, 0.25) is 0 Å². The van der Waals surface area contributed by atoms with Gasteiger partial charge >= 0.3 is 0 Å². The Morgan fingerprint density at radius 1 is 1.58 bits per heavy atom. The van der Waals surface area contributed by atoms with E-state index in [0.717, 1.165) is 0 Å². The smallest absolute Gasteiger partial charge is 0.195 e. The number of methoxy groups -OCH3 is 1. The molecule has 0 aromatic heterocycles. The molecule has 0 bridgehead atoms. The monoisotopic (exact) mass is 190 g/mol. The third kappa shape index (κ3) is 6.12. The molecule has 0 aliphatic rings. The predicted molar refractivity (Wildman–Crippen MR) is 50.9 cm³/mol. The maximum atomic E-state index is 5.04. The molecule has 0 aliphatic heterocycles. The molecular formula is C8H14O3S. The Balaban J connectivity index is 3.54. The lowest BCUT2D eigenvalue weighted by Crippen LogP contribution is -2.06. The van der Waals surface area contributed by atoms with E-state index in [2.05, 4.69) is 0 Å². The maximum Gasteiger partial charge on any atom is 0.195 e. The second kappa shape index (κ2) is 7.06. The number of ether oxygens (including phenoxy) is 3. The molecule has 0 amide bonds. The van der Waals surface area contributed by atoms with Crippen LogP contribution in [0, 0.1) is 0 Å². The van der Waals surface area contributed by atoms with Gasteiger partial charge in [-0.25, -0.2) is 0 Å². The standard InChI is InChI=1S/C8H14O3S/c1-4-10-8(12)5-6-11-7(2)9-3/h5-7H,4H2,1-3H3. The minimum atomic E-state index is -0.259. The zero-order chi connectivity index (χ0) is 9.40. The fourth-order valence-corrected chi connectivity index (χ4v) is 0.625. The topological polar surface area (TPSA) is 27.7 Å². The molecule has 0 heterocycles. The molecule has 4 heteroatoms. The summed E-state index contributed by atoms with van der Waals surface area (Å²) in [6.45, 7) is 4.23. The molecule has 0 aromatic carbocycles. The van der Waals surface area contributed by atoms with Crippen molar-refractivity contribution in [1.82, 2.24) is 0 Å². The normalized spacial score (nSPS) is 12.9. The lowest BCUT2D eigenvalue weighted by atomic mass is 10.6. The Hall–Kier alpha value is -0.610. The van der Waals surface area contributed by atoms with Gasteiger partial charge in [-0.05, 0) is 26.1 Å². The molecule has 0 saturated heterocycles. The predicted octanol–water partition coefficient (Wildman–Crippen LogP) is 1.87. The summed E-state index contributed by atoms with van der Waals surface area (Å²) in [5.41, 5.74) is 0. The van der Waals surface area contributed by atoms with Crippen molar-refractivity contribution in [2.75, 3.05) is 13.7 Å². The van der Waals surface area contributed by atoms with Crippen molar-refractivity contribution in [3.63, 3.8) is 0 Å². The van der Waals surface area contributed by atoms with Gasteiger partial charge in [0.1, 0.15) is 0 Å². The van der Waals surface area contributed by atoms with Crippen LogP contribution in [-0.2, 0) is 14.2 Å². The van der Waals surface area contributed by atoms with Crippen LogP contribution in [0.5, 0.6) is 0 Å². The van der Waals surface area contributed by atoms with Gasteiger partial charge in [0.05, 0.1) is 12.9 Å². The fraction of sp³-hybridized carbons (Fsp3) is 0.625. The first-order valence-electron chi connectivity index (χ1n) is 3.72. The van der Waals surface area contributed by atoms with Crippen LogP contribution >= 0.6 is 12.2 Å². The second-order valence-corrected chi connectivity index (χ2v) is 2.40. The molecule has 1 unspecified atom stereocenters. The summed E-state index contributed by atoms with van der Waals surface area (Å²) in [5, 5.41) is 0.417. The average Bonchev–Trinajstić information content (AvgIpc) is 2.04. The Labute approximate surface area is 78.3 Å². The third-order valence-corrected chi connectivity index (χ3v) is 1.35. The van der Waals surface area contributed by atoms with Crippen LogP contribution in [0.1, 0.15) is 13.8 Å². The van der Waals surface area contributed by atoms with Crippen molar-refractivity contribution in [1.29, 1.82) is 0 Å². The molecule has 0 aliphatic carbocycles. The van der Waals surface area contributed by atoms with Crippen LogP contribution in [0.4, 0.5) is 0 Å². The Morgan fingerprint density at radius 2 is 2.25 bits per heavy atom. The minimum absolute atomic E-state index is 0.259. The van der Waals surface area contributed by atoms with Crippen molar-refractivity contribution in [3.05, 3.63) is 12.3 Å².